The monoisotopic (exact) mass is 366 g/mol. The lowest BCUT2D eigenvalue weighted by Gasteiger charge is -2.30. The predicted molar refractivity (Wildman–Crippen MR) is 105 cm³/mol. The van der Waals surface area contributed by atoms with Gasteiger partial charge in [-0.05, 0) is 57.1 Å². The number of phenolic OH excluding ortho intramolecular Hbond substituents is 1. The van der Waals surface area contributed by atoms with E-state index in [-0.39, 0.29) is 17.6 Å². The molecule has 2 N–H and O–H groups in total. The van der Waals surface area contributed by atoms with E-state index < -0.39 is 0 Å². The molecule has 0 aliphatic carbocycles. The maximum atomic E-state index is 14.8. The second-order valence-corrected chi connectivity index (χ2v) is 7.33. The van der Waals surface area contributed by atoms with Crippen LogP contribution in [0.2, 0.25) is 0 Å². The van der Waals surface area contributed by atoms with E-state index in [1.54, 1.807) is 18.2 Å². The fourth-order valence-electron chi connectivity index (χ4n) is 3.79. The van der Waals surface area contributed by atoms with Gasteiger partial charge in [-0.3, -0.25) is 0 Å². The van der Waals surface area contributed by atoms with Crippen LogP contribution in [0.4, 0.5) is 10.2 Å². The van der Waals surface area contributed by atoms with Crippen molar-refractivity contribution < 1.29 is 9.50 Å². The Bertz CT molecular complexity index is 991. The Morgan fingerprint density at radius 3 is 2.85 bits per heavy atom. The lowest BCUT2D eigenvalue weighted by molar-refractivity contribution is 0.261. The molecule has 1 aromatic heterocycles. The Morgan fingerprint density at radius 2 is 2.07 bits per heavy atom. The normalized spacial score (nSPS) is 18.0. The summed E-state index contributed by atoms with van der Waals surface area (Å²) >= 11 is 0. The Kier molecular flexibility index (Phi) is 4.66. The van der Waals surface area contributed by atoms with E-state index in [0.29, 0.717) is 27.8 Å². The van der Waals surface area contributed by atoms with E-state index in [4.69, 9.17) is 0 Å². The number of likely N-dealkylation sites (tertiary alicyclic amines) is 1. The molecule has 6 heteroatoms. The van der Waals surface area contributed by atoms with Crippen LogP contribution in [0, 0.1) is 12.7 Å². The van der Waals surface area contributed by atoms with Gasteiger partial charge < -0.3 is 15.3 Å². The molecule has 2 aromatic carbocycles. The van der Waals surface area contributed by atoms with Crippen LogP contribution in [0.3, 0.4) is 0 Å². The summed E-state index contributed by atoms with van der Waals surface area (Å²) in [5.41, 5.74) is 1.97. The van der Waals surface area contributed by atoms with Crippen molar-refractivity contribution in [1.29, 1.82) is 0 Å². The smallest absolute Gasteiger partial charge is 0.159 e. The van der Waals surface area contributed by atoms with Crippen molar-refractivity contribution >= 4 is 16.6 Å². The second-order valence-electron chi connectivity index (χ2n) is 7.33. The summed E-state index contributed by atoms with van der Waals surface area (Å²) in [6.07, 6.45) is 2.11. The number of hydrogen-bond donors (Lipinski definition) is 2. The van der Waals surface area contributed by atoms with Crippen LogP contribution >= 0.6 is 0 Å². The molecule has 1 fully saturated rings. The quantitative estimate of drug-likeness (QED) is 0.735. The molecule has 0 unspecified atom stereocenters. The number of aryl methyl sites for hydroxylation is 1. The first-order valence-electron chi connectivity index (χ1n) is 9.23. The minimum absolute atomic E-state index is 0.115. The number of benzene rings is 2. The average molecular weight is 366 g/mol. The number of nitrogens with zero attached hydrogens (tertiary/aromatic N) is 3. The van der Waals surface area contributed by atoms with Crippen molar-refractivity contribution in [3.8, 4) is 17.0 Å². The molecule has 0 amide bonds. The van der Waals surface area contributed by atoms with Gasteiger partial charge in [0.05, 0.1) is 5.39 Å². The highest BCUT2D eigenvalue weighted by Crippen LogP contribution is 2.36. The van der Waals surface area contributed by atoms with Crippen molar-refractivity contribution in [2.24, 2.45) is 0 Å². The van der Waals surface area contributed by atoms with E-state index in [2.05, 4.69) is 27.5 Å². The van der Waals surface area contributed by atoms with Crippen LogP contribution in [0.5, 0.6) is 5.75 Å². The van der Waals surface area contributed by atoms with Crippen molar-refractivity contribution in [3.63, 3.8) is 0 Å². The van der Waals surface area contributed by atoms with Crippen LogP contribution in [0.1, 0.15) is 18.4 Å². The van der Waals surface area contributed by atoms with Gasteiger partial charge in [0.15, 0.2) is 5.82 Å². The van der Waals surface area contributed by atoms with Gasteiger partial charge in [-0.2, -0.15) is 0 Å². The molecule has 1 atom stereocenters. The first-order valence-corrected chi connectivity index (χ1v) is 9.23. The molecule has 0 saturated carbocycles. The molecule has 0 bridgehead atoms. The number of aromatic hydroxyl groups is 1. The maximum absolute atomic E-state index is 14.8. The fraction of sp³-hybridized carbons (Fsp3) is 0.333. The van der Waals surface area contributed by atoms with Gasteiger partial charge in [-0.15, -0.1) is 10.2 Å². The third-order valence-electron chi connectivity index (χ3n) is 5.13. The number of likely N-dealkylation sites (N-methyl/N-ethyl adjacent to an activating group) is 1. The minimum Gasteiger partial charge on any atom is -0.507 e. The third-order valence-corrected chi connectivity index (χ3v) is 5.13. The molecule has 140 valence electrons. The fourth-order valence-corrected chi connectivity index (χ4v) is 3.79. The van der Waals surface area contributed by atoms with E-state index in [9.17, 15) is 9.50 Å². The van der Waals surface area contributed by atoms with Crippen molar-refractivity contribution in [1.82, 2.24) is 15.1 Å². The molecule has 2 heterocycles. The molecule has 1 aliphatic rings. The lowest BCUT2D eigenvalue weighted by atomic mass is 10.0. The summed E-state index contributed by atoms with van der Waals surface area (Å²) in [4.78, 5) is 2.26. The maximum Gasteiger partial charge on any atom is 0.159 e. The van der Waals surface area contributed by atoms with E-state index in [0.717, 1.165) is 31.5 Å². The molecule has 3 aromatic rings. The second kappa shape index (κ2) is 7.12. The number of rotatable bonds is 3. The summed E-state index contributed by atoms with van der Waals surface area (Å²) in [6, 6.07) is 10.5. The van der Waals surface area contributed by atoms with Crippen LogP contribution < -0.4 is 5.32 Å². The molecule has 27 heavy (non-hydrogen) atoms. The van der Waals surface area contributed by atoms with Crippen LogP contribution in [0.15, 0.2) is 36.4 Å². The SMILES string of the molecule is Cc1ccc(-c2nnc(N[C@@H]3CCCN(C)C3)c3c(F)cccc23)c(O)c1. The molecule has 1 aliphatic heterocycles. The van der Waals surface area contributed by atoms with E-state index >= 15 is 0 Å². The van der Waals surface area contributed by atoms with Crippen LogP contribution in [-0.4, -0.2) is 46.4 Å². The highest BCUT2D eigenvalue weighted by molar-refractivity contribution is 6.01. The number of nitrogens with one attached hydrogen (secondary N) is 1. The summed E-state index contributed by atoms with van der Waals surface area (Å²) < 4.78 is 14.8. The zero-order valence-corrected chi connectivity index (χ0v) is 15.5. The van der Waals surface area contributed by atoms with Crippen molar-refractivity contribution in [3.05, 3.63) is 47.8 Å². The predicted octanol–water partition coefficient (Wildman–Crippen LogP) is 3.96. The first kappa shape index (κ1) is 17.7. The largest absolute Gasteiger partial charge is 0.507 e. The van der Waals surface area contributed by atoms with Crippen molar-refractivity contribution in [2.75, 3.05) is 25.5 Å². The van der Waals surface area contributed by atoms with E-state index in [1.807, 2.05) is 19.1 Å². The van der Waals surface area contributed by atoms with Crippen LogP contribution in [-0.2, 0) is 0 Å². The van der Waals surface area contributed by atoms with Gasteiger partial charge in [-0.25, -0.2) is 4.39 Å². The zero-order chi connectivity index (χ0) is 19.0. The number of anilines is 1. The highest BCUT2D eigenvalue weighted by Gasteiger charge is 2.21. The molecule has 5 nitrogen and oxygen atoms in total. The Morgan fingerprint density at radius 1 is 1.22 bits per heavy atom. The Balaban J connectivity index is 1.81. The number of fused-ring (bicyclic) bond motifs is 1. The van der Waals surface area contributed by atoms with Gasteiger partial charge >= 0.3 is 0 Å². The molecule has 0 spiro atoms. The molecule has 4 rings (SSSR count). The Hall–Kier alpha value is -2.73. The zero-order valence-electron chi connectivity index (χ0n) is 15.5. The molecule has 1 saturated heterocycles. The standard InChI is InChI=1S/C21H23FN4O/c1-13-8-9-15(18(27)11-13)20-16-6-3-7-17(22)19(16)21(25-24-20)23-14-5-4-10-26(2)12-14/h3,6-9,11,14,27H,4-5,10,12H2,1-2H3,(H,23,25)/t14-/m1/s1. The molecular formula is C21H23FN4O. The summed E-state index contributed by atoms with van der Waals surface area (Å²) in [5, 5.41) is 23.4. The van der Waals surface area contributed by atoms with Gasteiger partial charge in [0, 0.05) is 23.5 Å². The number of aromatic nitrogens is 2. The van der Waals surface area contributed by atoms with E-state index in [1.165, 1.54) is 6.07 Å². The van der Waals surface area contributed by atoms with Gasteiger partial charge in [0.2, 0.25) is 0 Å². The number of hydrogen-bond acceptors (Lipinski definition) is 5. The first-order chi connectivity index (χ1) is 13.0. The lowest BCUT2D eigenvalue weighted by Crippen LogP contribution is -2.40. The summed E-state index contributed by atoms with van der Waals surface area (Å²) in [6.45, 7) is 3.86. The topological polar surface area (TPSA) is 61.3 Å². The van der Waals surface area contributed by atoms with Gasteiger partial charge in [0.1, 0.15) is 17.3 Å². The summed E-state index contributed by atoms with van der Waals surface area (Å²) in [7, 11) is 2.08. The number of phenols is 1. The molecule has 0 radical (unpaired) electrons. The summed E-state index contributed by atoms with van der Waals surface area (Å²) in [5.74, 6) is 0.227. The minimum atomic E-state index is -0.345. The van der Waals surface area contributed by atoms with Gasteiger partial charge in [-0.1, -0.05) is 18.2 Å². The van der Waals surface area contributed by atoms with Gasteiger partial charge in [0.25, 0.3) is 0 Å². The number of halogens is 1. The Labute approximate surface area is 157 Å². The van der Waals surface area contributed by atoms with Crippen LogP contribution in [0.25, 0.3) is 22.0 Å². The third kappa shape index (κ3) is 3.45. The highest BCUT2D eigenvalue weighted by atomic mass is 19.1. The average Bonchev–Trinajstić information content (AvgIpc) is 2.63. The number of piperidine rings is 1. The van der Waals surface area contributed by atoms with Crippen molar-refractivity contribution in [2.45, 2.75) is 25.8 Å². The molecular weight excluding hydrogens is 343 g/mol.